The van der Waals surface area contributed by atoms with Crippen LogP contribution in [-0.4, -0.2) is 12.2 Å². The molecule has 3 rings (SSSR count). The minimum absolute atomic E-state index is 0.0290. The van der Waals surface area contributed by atoms with Crippen LogP contribution in [0.15, 0.2) is 42.5 Å². The number of rotatable bonds is 2. The van der Waals surface area contributed by atoms with Crippen molar-refractivity contribution in [2.75, 3.05) is 7.11 Å². The number of hydrogen-bond acceptors (Lipinski definition) is 2. The van der Waals surface area contributed by atoms with E-state index in [1.165, 1.54) is 16.7 Å². The Kier molecular flexibility index (Phi) is 3.01. The number of methoxy groups -OCH3 is 1. The van der Waals surface area contributed by atoms with Crippen molar-refractivity contribution in [1.82, 2.24) is 0 Å². The van der Waals surface area contributed by atoms with Crippen LogP contribution >= 0.6 is 0 Å². The van der Waals surface area contributed by atoms with Crippen molar-refractivity contribution >= 4 is 0 Å². The average molecular weight is 282 g/mol. The van der Waals surface area contributed by atoms with Gasteiger partial charge in [0.15, 0.2) is 0 Å². The maximum atomic E-state index is 9.82. The smallest absolute Gasteiger partial charge is 0.118 e. The van der Waals surface area contributed by atoms with E-state index in [4.69, 9.17) is 4.74 Å². The first-order chi connectivity index (χ1) is 9.87. The molecule has 1 aliphatic carbocycles. The highest BCUT2D eigenvalue weighted by molar-refractivity contribution is 5.54. The summed E-state index contributed by atoms with van der Waals surface area (Å²) in [6.45, 7) is 6.79. The number of fused-ring (bicyclic) bond motifs is 1. The van der Waals surface area contributed by atoms with Crippen molar-refractivity contribution < 1.29 is 9.84 Å². The molecule has 0 saturated heterocycles. The predicted molar refractivity (Wildman–Crippen MR) is 85.2 cm³/mol. The topological polar surface area (TPSA) is 29.5 Å². The summed E-state index contributed by atoms with van der Waals surface area (Å²) in [7, 11) is 1.69. The van der Waals surface area contributed by atoms with Crippen LogP contribution in [0.3, 0.4) is 0 Å². The molecule has 2 nitrogen and oxygen atoms in total. The van der Waals surface area contributed by atoms with E-state index < -0.39 is 0 Å². The fourth-order valence-corrected chi connectivity index (χ4v) is 3.86. The van der Waals surface area contributed by atoms with E-state index in [0.717, 1.165) is 12.2 Å². The van der Waals surface area contributed by atoms with Crippen molar-refractivity contribution in [1.29, 1.82) is 0 Å². The summed E-state index contributed by atoms with van der Waals surface area (Å²) in [6.07, 6.45) is 1.03. The Morgan fingerprint density at radius 1 is 0.952 bits per heavy atom. The van der Waals surface area contributed by atoms with Crippen molar-refractivity contribution in [2.45, 2.75) is 38.0 Å². The first-order valence-corrected chi connectivity index (χ1v) is 7.35. The number of aromatic hydroxyl groups is 1. The van der Waals surface area contributed by atoms with Gasteiger partial charge in [-0.15, -0.1) is 0 Å². The van der Waals surface area contributed by atoms with Gasteiger partial charge in [-0.2, -0.15) is 0 Å². The molecular weight excluding hydrogens is 260 g/mol. The van der Waals surface area contributed by atoms with E-state index >= 15 is 0 Å². The van der Waals surface area contributed by atoms with Gasteiger partial charge in [0.1, 0.15) is 11.5 Å². The molecule has 0 amide bonds. The van der Waals surface area contributed by atoms with Crippen LogP contribution in [-0.2, 0) is 10.8 Å². The lowest BCUT2D eigenvalue weighted by molar-refractivity contribution is 0.411. The van der Waals surface area contributed by atoms with Crippen molar-refractivity contribution in [3.8, 4) is 11.5 Å². The van der Waals surface area contributed by atoms with Crippen LogP contribution in [0, 0.1) is 0 Å². The molecule has 1 N–H and O–H groups in total. The Morgan fingerprint density at radius 3 is 2.24 bits per heavy atom. The van der Waals surface area contributed by atoms with E-state index in [1.54, 1.807) is 13.2 Å². The Hall–Kier alpha value is -1.96. The SMILES string of the molecule is COc1ccc(C2(C)CC(C)(C)c3cc(O)ccc32)cc1. The normalized spacial score (nSPS) is 22.9. The zero-order chi connectivity index (χ0) is 15.3. The summed E-state index contributed by atoms with van der Waals surface area (Å²) in [5.41, 5.74) is 3.89. The molecule has 0 radical (unpaired) electrons. The van der Waals surface area contributed by atoms with Gasteiger partial charge in [0, 0.05) is 5.41 Å². The molecule has 0 spiro atoms. The van der Waals surface area contributed by atoms with Gasteiger partial charge in [-0.3, -0.25) is 0 Å². The van der Waals surface area contributed by atoms with Gasteiger partial charge >= 0.3 is 0 Å². The number of hydrogen-bond donors (Lipinski definition) is 1. The number of ether oxygens (including phenoxy) is 1. The van der Waals surface area contributed by atoms with E-state index in [0.29, 0.717) is 5.75 Å². The first kappa shape index (κ1) is 14.0. The summed E-state index contributed by atoms with van der Waals surface area (Å²) in [6, 6.07) is 14.1. The van der Waals surface area contributed by atoms with Gasteiger partial charge in [0.2, 0.25) is 0 Å². The van der Waals surface area contributed by atoms with Gasteiger partial charge in [-0.1, -0.05) is 39.0 Å². The van der Waals surface area contributed by atoms with Crippen LogP contribution < -0.4 is 4.74 Å². The highest BCUT2D eigenvalue weighted by Gasteiger charge is 2.45. The molecule has 1 atom stereocenters. The van der Waals surface area contributed by atoms with Crippen molar-refractivity contribution in [3.05, 3.63) is 59.2 Å². The zero-order valence-corrected chi connectivity index (χ0v) is 13.1. The van der Waals surface area contributed by atoms with E-state index in [-0.39, 0.29) is 10.8 Å². The van der Waals surface area contributed by atoms with Gasteiger partial charge in [0.25, 0.3) is 0 Å². The average Bonchev–Trinajstić information content (AvgIpc) is 2.66. The summed E-state index contributed by atoms with van der Waals surface area (Å²) in [5, 5.41) is 9.82. The molecule has 0 heterocycles. The molecule has 110 valence electrons. The predicted octanol–water partition coefficient (Wildman–Crippen LogP) is 4.39. The maximum absolute atomic E-state index is 9.82. The second kappa shape index (κ2) is 4.52. The zero-order valence-electron chi connectivity index (χ0n) is 13.1. The Bertz CT molecular complexity index is 670. The molecule has 2 aromatic rings. The molecule has 0 bridgehead atoms. The fourth-order valence-electron chi connectivity index (χ4n) is 3.86. The first-order valence-electron chi connectivity index (χ1n) is 7.35. The van der Waals surface area contributed by atoms with Crippen molar-refractivity contribution in [2.24, 2.45) is 0 Å². The van der Waals surface area contributed by atoms with E-state index in [9.17, 15) is 5.11 Å². The minimum atomic E-state index is -0.0290. The third-order valence-corrected chi connectivity index (χ3v) is 4.85. The fraction of sp³-hybridized carbons (Fsp3) is 0.368. The highest BCUT2D eigenvalue weighted by atomic mass is 16.5. The highest BCUT2D eigenvalue weighted by Crippen LogP contribution is 2.53. The maximum Gasteiger partial charge on any atom is 0.118 e. The van der Waals surface area contributed by atoms with Gasteiger partial charge in [0.05, 0.1) is 7.11 Å². The quantitative estimate of drug-likeness (QED) is 0.885. The molecule has 0 saturated carbocycles. The molecule has 0 aliphatic heterocycles. The lowest BCUT2D eigenvalue weighted by atomic mass is 9.75. The summed E-state index contributed by atoms with van der Waals surface area (Å²) < 4.78 is 5.26. The Morgan fingerprint density at radius 2 is 1.62 bits per heavy atom. The summed E-state index contributed by atoms with van der Waals surface area (Å²) in [4.78, 5) is 0. The molecule has 2 heteroatoms. The molecular formula is C19H22O2. The lowest BCUT2D eigenvalue weighted by Crippen LogP contribution is -2.23. The number of phenolic OH excluding ortho intramolecular Hbond substituents is 1. The van der Waals surface area contributed by atoms with E-state index in [2.05, 4.69) is 39.0 Å². The second-order valence-electron chi connectivity index (χ2n) is 6.85. The molecule has 1 aliphatic rings. The largest absolute Gasteiger partial charge is 0.508 e. The third-order valence-electron chi connectivity index (χ3n) is 4.85. The van der Waals surface area contributed by atoms with Crippen molar-refractivity contribution in [3.63, 3.8) is 0 Å². The molecule has 1 unspecified atom stereocenters. The van der Waals surface area contributed by atoms with Gasteiger partial charge in [-0.05, 0) is 52.8 Å². The Balaban J connectivity index is 2.14. The second-order valence-corrected chi connectivity index (χ2v) is 6.85. The standard InChI is InChI=1S/C19H22O2/c1-18(2)12-19(3,13-5-8-15(21-4)9-6-13)16-10-7-14(20)11-17(16)18/h5-11,20H,12H2,1-4H3. The van der Waals surface area contributed by atoms with Gasteiger partial charge < -0.3 is 9.84 Å². The van der Waals surface area contributed by atoms with Crippen LogP contribution in [0.25, 0.3) is 0 Å². The number of benzene rings is 2. The molecule has 2 aromatic carbocycles. The van der Waals surface area contributed by atoms with Crippen LogP contribution in [0.1, 0.15) is 43.9 Å². The Labute approximate surface area is 126 Å². The van der Waals surface area contributed by atoms with Crippen LogP contribution in [0.5, 0.6) is 11.5 Å². The lowest BCUT2D eigenvalue weighted by Gasteiger charge is -2.28. The molecule has 21 heavy (non-hydrogen) atoms. The molecule has 0 aromatic heterocycles. The summed E-state index contributed by atoms with van der Waals surface area (Å²) >= 11 is 0. The number of phenols is 1. The van der Waals surface area contributed by atoms with Gasteiger partial charge in [-0.25, -0.2) is 0 Å². The monoisotopic (exact) mass is 282 g/mol. The minimum Gasteiger partial charge on any atom is -0.508 e. The van der Waals surface area contributed by atoms with Crippen LogP contribution in [0.4, 0.5) is 0 Å². The third kappa shape index (κ3) is 2.10. The molecule has 0 fully saturated rings. The van der Waals surface area contributed by atoms with E-state index in [1.807, 2.05) is 18.2 Å². The summed E-state index contributed by atoms with van der Waals surface area (Å²) in [5.74, 6) is 1.23. The van der Waals surface area contributed by atoms with Crippen LogP contribution in [0.2, 0.25) is 0 Å².